The van der Waals surface area contributed by atoms with Crippen LogP contribution in [0.25, 0.3) is 22.3 Å². The number of aryl methyl sites for hydroxylation is 2. The average Bonchev–Trinajstić information content (AvgIpc) is 3.28. The minimum atomic E-state index is -0.202. The lowest BCUT2D eigenvalue weighted by Crippen LogP contribution is -2.62. The number of para-hydroxylation sites is 3. The van der Waals surface area contributed by atoms with Crippen LogP contribution in [0, 0.1) is 13.8 Å². The van der Waals surface area contributed by atoms with Crippen LogP contribution < -0.4 is 25.5 Å². The van der Waals surface area contributed by atoms with Crippen molar-refractivity contribution in [3.05, 3.63) is 203 Å². The molecule has 0 amide bonds. The van der Waals surface area contributed by atoms with Gasteiger partial charge in [0.2, 0.25) is 0 Å². The first-order chi connectivity index (χ1) is 31.1. The number of fused-ring (bicyclic) bond motifs is 6. The van der Waals surface area contributed by atoms with Gasteiger partial charge in [0.25, 0.3) is 0 Å². The van der Waals surface area contributed by atoms with Crippen molar-refractivity contribution in [2.45, 2.75) is 85.5 Å². The second-order valence-electron chi connectivity index (χ2n) is 21.2. The Morgan fingerprint density at radius 3 is 1.69 bits per heavy atom. The number of benzene rings is 8. The van der Waals surface area contributed by atoms with Gasteiger partial charge in [-0.05, 0) is 152 Å². The molecule has 320 valence electrons. The number of anilines is 8. The maximum Gasteiger partial charge on any atom is 0.333 e. The minimum Gasteiger partial charge on any atom is -0.376 e. The van der Waals surface area contributed by atoms with Crippen LogP contribution in [0.15, 0.2) is 170 Å². The fourth-order valence-corrected chi connectivity index (χ4v) is 11.2. The van der Waals surface area contributed by atoms with Crippen LogP contribution in [0.3, 0.4) is 0 Å². The van der Waals surface area contributed by atoms with Gasteiger partial charge in [-0.1, -0.05) is 159 Å². The van der Waals surface area contributed by atoms with E-state index in [1.807, 2.05) is 0 Å². The van der Waals surface area contributed by atoms with Crippen molar-refractivity contribution in [1.29, 1.82) is 0 Å². The van der Waals surface area contributed by atoms with Crippen LogP contribution >= 0.6 is 0 Å². The predicted molar refractivity (Wildman–Crippen MR) is 279 cm³/mol. The van der Waals surface area contributed by atoms with Crippen LogP contribution in [0.4, 0.5) is 45.5 Å². The highest BCUT2D eigenvalue weighted by Crippen LogP contribution is 2.56. The lowest BCUT2D eigenvalue weighted by molar-refractivity contribution is 0.590. The average molecular weight is 844 g/mol. The van der Waals surface area contributed by atoms with Crippen molar-refractivity contribution in [2.24, 2.45) is 0 Å². The highest BCUT2D eigenvalue weighted by molar-refractivity contribution is 6.93. The van der Waals surface area contributed by atoms with Gasteiger partial charge in [-0.25, -0.2) is 0 Å². The molecular weight excluding hydrogens is 786 g/mol. The van der Waals surface area contributed by atoms with Gasteiger partial charge in [0, 0.05) is 50.8 Å². The van der Waals surface area contributed by atoms with Crippen LogP contribution in [0.1, 0.15) is 88.8 Å². The SMILES string of the molecule is Cc1cccc(C)c1-c1cc2c3c(c1)N1c4ccccc4C(C)(C)c4cccc(c41)B3N(c1ccccc1)c1cc(N(c3ccc(C(C)(C)C)cc3)c3ccc(C(C)(C)C)cc3)ccc1-2. The van der Waals surface area contributed by atoms with E-state index in [4.69, 9.17) is 0 Å². The Morgan fingerprint density at radius 2 is 1.06 bits per heavy atom. The summed E-state index contributed by atoms with van der Waals surface area (Å²) < 4.78 is 0. The highest BCUT2D eigenvalue weighted by Gasteiger charge is 2.49. The summed E-state index contributed by atoms with van der Waals surface area (Å²) in [5, 5.41) is 0. The quantitative estimate of drug-likeness (QED) is 0.160. The number of nitrogens with zero attached hydrogens (tertiary/aromatic N) is 3. The Balaban J connectivity index is 1.22. The summed E-state index contributed by atoms with van der Waals surface area (Å²) in [4.78, 5) is 7.71. The van der Waals surface area contributed by atoms with E-state index in [9.17, 15) is 0 Å². The van der Waals surface area contributed by atoms with Crippen molar-refractivity contribution in [3.63, 3.8) is 0 Å². The Morgan fingerprint density at radius 1 is 0.492 bits per heavy atom. The Kier molecular flexibility index (Phi) is 9.22. The number of hydrogen-bond donors (Lipinski definition) is 0. The summed E-state index contributed by atoms with van der Waals surface area (Å²) in [6, 6.07) is 64.6. The zero-order valence-corrected chi connectivity index (χ0v) is 39.6. The number of rotatable bonds is 5. The summed E-state index contributed by atoms with van der Waals surface area (Å²) in [5.74, 6) is 0. The van der Waals surface area contributed by atoms with Crippen LogP contribution in [0.5, 0.6) is 0 Å². The van der Waals surface area contributed by atoms with E-state index in [1.165, 1.54) is 95.0 Å². The summed E-state index contributed by atoms with van der Waals surface area (Å²) in [6.07, 6.45) is 0. The molecule has 3 aliphatic heterocycles. The van der Waals surface area contributed by atoms with E-state index in [0.29, 0.717) is 0 Å². The van der Waals surface area contributed by atoms with Crippen LogP contribution in [-0.2, 0) is 16.2 Å². The molecule has 0 radical (unpaired) electrons. The zero-order chi connectivity index (χ0) is 45.2. The molecule has 0 fully saturated rings. The predicted octanol–water partition coefficient (Wildman–Crippen LogP) is 15.4. The fourth-order valence-electron chi connectivity index (χ4n) is 11.2. The van der Waals surface area contributed by atoms with Crippen LogP contribution in [0.2, 0.25) is 0 Å². The second-order valence-corrected chi connectivity index (χ2v) is 21.2. The molecule has 4 heteroatoms. The third-order valence-electron chi connectivity index (χ3n) is 14.6. The summed E-state index contributed by atoms with van der Waals surface area (Å²) in [5.41, 5.74) is 25.1. The van der Waals surface area contributed by atoms with Gasteiger partial charge in [0.05, 0.1) is 5.69 Å². The van der Waals surface area contributed by atoms with Crippen molar-refractivity contribution in [1.82, 2.24) is 0 Å². The molecule has 8 aromatic rings. The largest absolute Gasteiger partial charge is 0.376 e. The Labute approximate surface area is 387 Å². The topological polar surface area (TPSA) is 9.72 Å². The molecule has 11 rings (SSSR count). The molecule has 0 N–H and O–H groups in total. The van der Waals surface area contributed by atoms with E-state index >= 15 is 0 Å². The van der Waals surface area contributed by atoms with Gasteiger partial charge in [-0.2, -0.15) is 0 Å². The van der Waals surface area contributed by atoms with Gasteiger partial charge in [-0.15, -0.1) is 0 Å². The summed E-state index contributed by atoms with van der Waals surface area (Å²) in [7, 11) is 0. The lowest BCUT2D eigenvalue weighted by Gasteiger charge is -2.50. The summed E-state index contributed by atoms with van der Waals surface area (Å²) >= 11 is 0. The molecule has 65 heavy (non-hydrogen) atoms. The normalized spacial score (nSPS) is 14.3. The van der Waals surface area contributed by atoms with Gasteiger partial charge < -0.3 is 14.6 Å². The van der Waals surface area contributed by atoms with Gasteiger partial charge in [0.1, 0.15) is 0 Å². The lowest BCUT2D eigenvalue weighted by atomic mass is 9.42. The monoisotopic (exact) mass is 843 g/mol. The highest BCUT2D eigenvalue weighted by atomic mass is 15.2. The molecule has 8 aromatic carbocycles. The molecule has 0 spiro atoms. The Bertz CT molecular complexity index is 3090. The maximum absolute atomic E-state index is 2.65. The van der Waals surface area contributed by atoms with Gasteiger partial charge >= 0.3 is 6.85 Å². The van der Waals surface area contributed by atoms with E-state index in [0.717, 1.165) is 17.1 Å². The molecule has 0 unspecified atom stereocenters. The third kappa shape index (κ3) is 6.39. The maximum atomic E-state index is 2.65. The molecule has 0 bridgehead atoms. The zero-order valence-electron chi connectivity index (χ0n) is 39.6. The summed E-state index contributed by atoms with van der Waals surface area (Å²) in [6.45, 7) is 23.0. The first kappa shape index (κ1) is 41.0. The molecule has 0 saturated heterocycles. The molecule has 3 aliphatic rings. The standard InChI is InChI=1S/C61H58BN3/c1-39-18-16-19-40(2)56(39)41-36-49-48-35-34-47(63(44-30-26-42(27-31-44)59(3,4)5)45-32-28-43(29-33-45)60(6,7)8)38-54(48)65(46-20-12-11-13-21-46)62-52-24-17-23-51-58(52)64(55(37-41)57(49)62)53-25-15-14-22-50(53)61(51,9)10/h11-38H,1-10H3. The van der Waals surface area contributed by atoms with Crippen molar-refractivity contribution < 1.29 is 0 Å². The molecule has 0 aliphatic carbocycles. The van der Waals surface area contributed by atoms with Crippen molar-refractivity contribution in [3.8, 4) is 22.3 Å². The molecule has 3 heterocycles. The van der Waals surface area contributed by atoms with Crippen molar-refractivity contribution >= 4 is 63.3 Å². The first-order valence-corrected chi connectivity index (χ1v) is 23.4. The third-order valence-corrected chi connectivity index (χ3v) is 14.6. The first-order valence-electron chi connectivity index (χ1n) is 23.4. The fraction of sp³-hybridized carbons (Fsp3) is 0.213. The van der Waals surface area contributed by atoms with Crippen molar-refractivity contribution in [2.75, 3.05) is 14.6 Å². The van der Waals surface area contributed by atoms with E-state index < -0.39 is 0 Å². The molecule has 0 aromatic heterocycles. The van der Waals surface area contributed by atoms with Gasteiger partial charge in [-0.3, -0.25) is 0 Å². The van der Waals surface area contributed by atoms with E-state index in [2.05, 4.69) is 254 Å². The Hall–Kier alpha value is -6.78. The smallest absolute Gasteiger partial charge is 0.333 e. The number of hydrogen-bond acceptors (Lipinski definition) is 3. The van der Waals surface area contributed by atoms with Crippen LogP contribution in [-0.4, -0.2) is 6.85 Å². The molecular formula is C61H58BN3. The van der Waals surface area contributed by atoms with Gasteiger partial charge in [0.15, 0.2) is 0 Å². The molecule has 0 atom stereocenters. The molecule has 0 saturated carbocycles. The van der Waals surface area contributed by atoms with E-state index in [-0.39, 0.29) is 23.1 Å². The second kappa shape index (κ2) is 14.6. The molecule has 3 nitrogen and oxygen atoms in total. The van der Waals surface area contributed by atoms with E-state index in [1.54, 1.807) is 0 Å². The minimum absolute atomic E-state index is 0.0468.